The summed E-state index contributed by atoms with van der Waals surface area (Å²) >= 11 is 0. The fourth-order valence-corrected chi connectivity index (χ4v) is 3.96. The quantitative estimate of drug-likeness (QED) is 0.373. The van der Waals surface area contributed by atoms with Crippen LogP contribution in [0.25, 0.3) is 5.70 Å². The second-order valence-electron chi connectivity index (χ2n) is 8.90. The number of carbonyl (C=O) groups is 2. The van der Waals surface area contributed by atoms with Crippen molar-refractivity contribution in [1.29, 1.82) is 0 Å². The zero-order valence-electron chi connectivity index (χ0n) is 19.6. The number of allylic oxidation sites excluding steroid dienone is 1. The van der Waals surface area contributed by atoms with Crippen LogP contribution in [0.2, 0.25) is 0 Å². The predicted molar refractivity (Wildman–Crippen MR) is 133 cm³/mol. The van der Waals surface area contributed by atoms with Crippen LogP contribution in [0.3, 0.4) is 0 Å². The summed E-state index contributed by atoms with van der Waals surface area (Å²) in [7, 11) is 1.63. The number of hydrogen-bond donors (Lipinski definition) is 2. The van der Waals surface area contributed by atoms with Gasteiger partial charge < -0.3 is 14.8 Å². The first-order valence-corrected chi connectivity index (χ1v) is 11.1. The van der Waals surface area contributed by atoms with Crippen LogP contribution in [0.5, 0.6) is 5.75 Å². The Morgan fingerprint density at radius 2 is 1.76 bits per heavy atom. The lowest BCUT2D eigenvalue weighted by atomic mass is 9.85. The van der Waals surface area contributed by atoms with E-state index >= 15 is 0 Å². The minimum atomic E-state index is -0.552. The molecule has 34 heavy (non-hydrogen) atoms. The SMILES string of the molecule is COc1ccc2c(c1)C(=CC(=O)c1ccc(NC(=O)OCc3ccccc3)cc1)NC(C)(C)C2. The zero-order valence-corrected chi connectivity index (χ0v) is 19.6. The Morgan fingerprint density at radius 1 is 1.03 bits per heavy atom. The van der Waals surface area contributed by atoms with Gasteiger partial charge >= 0.3 is 6.09 Å². The van der Waals surface area contributed by atoms with Crippen LogP contribution in [0, 0.1) is 0 Å². The molecule has 0 saturated carbocycles. The molecule has 1 aliphatic rings. The number of fused-ring (bicyclic) bond motifs is 1. The molecule has 3 aromatic carbocycles. The average Bonchev–Trinajstić information content (AvgIpc) is 2.83. The molecule has 174 valence electrons. The number of amides is 1. The van der Waals surface area contributed by atoms with Gasteiger partial charge in [0.1, 0.15) is 12.4 Å². The Morgan fingerprint density at radius 3 is 2.47 bits per heavy atom. The molecule has 0 fully saturated rings. The summed E-state index contributed by atoms with van der Waals surface area (Å²) in [6.07, 6.45) is 1.91. The Kier molecular flexibility index (Phi) is 6.68. The second kappa shape index (κ2) is 9.83. The molecule has 1 heterocycles. The van der Waals surface area contributed by atoms with Gasteiger partial charge in [0.25, 0.3) is 0 Å². The van der Waals surface area contributed by atoms with E-state index in [0.717, 1.165) is 34.6 Å². The van der Waals surface area contributed by atoms with Crippen LogP contribution in [-0.4, -0.2) is 24.5 Å². The normalized spacial score (nSPS) is 15.1. The summed E-state index contributed by atoms with van der Waals surface area (Å²) < 4.78 is 10.6. The van der Waals surface area contributed by atoms with Crippen molar-refractivity contribution < 1.29 is 19.1 Å². The van der Waals surface area contributed by atoms with Crippen molar-refractivity contribution in [3.8, 4) is 5.75 Å². The fourth-order valence-electron chi connectivity index (χ4n) is 3.96. The molecule has 0 atom stereocenters. The maximum Gasteiger partial charge on any atom is 0.411 e. The van der Waals surface area contributed by atoms with Gasteiger partial charge in [0.15, 0.2) is 5.78 Å². The predicted octanol–water partition coefficient (Wildman–Crippen LogP) is 5.59. The second-order valence-corrected chi connectivity index (χ2v) is 8.90. The van der Waals surface area contributed by atoms with E-state index < -0.39 is 6.09 Å². The molecular formula is C28H28N2O4. The van der Waals surface area contributed by atoms with Gasteiger partial charge in [-0.1, -0.05) is 36.4 Å². The molecule has 1 amide bonds. The molecule has 3 aromatic rings. The number of anilines is 1. The van der Waals surface area contributed by atoms with Gasteiger partial charge in [-0.2, -0.15) is 0 Å². The molecule has 0 spiro atoms. The highest BCUT2D eigenvalue weighted by atomic mass is 16.5. The van der Waals surface area contributed by atoms with Gasteiger partial charge in [0.2, 0.25) is 0 Å². The van der Waals surface area contributed by atoms with E-state index in [1.54, 1.807) is 37.5 Å². The topological polar surface area (TPSA) is 76.7 Å². The number of carbonyl (C=O) groups excluding carboxylic acids is 2. The summed E-state index contributed by atoms with van der Waals surface area (Å²) in [5, 5.41) is 6.16. The van der Waals surface area contributed by atoms with E-state index in [0.29, 0.717) is 11.3 Å². The average molecular weight is 457 g/mol. The van der Waals surface area contributed by atoms with Gasteiger partial charge in [-0.3, -0.25) is 10.1 Å². The number of benzene rings is 3. The Balaban J connectivity index is 1.45. The number of methoxy groups -OCH3 is 1. The van der Waals surface area contributed by atoms with Crippen molar-refractivity contribution in [1.82, 2.24) is 5.32 Å². The molecule has 0 unspecified atom stereocenters. The van der Waals surface area contributed by atoms with Crippen LogP contribution in [0.4, 0.5) is 10.5 Å². The maximum absolute atomic E-state index is 13.0. The van der Waals surface area contributed by atoms with Crippen LogP contribution in [0.15, 0.2) is 78.9 Å². The third kappa shape index (κ3) is 5.64. The minimum absolute atomic E-state index is 0.132. The first-order valence-electron chi connectivity index (χ1n) is 11.1. The highest BCUT2D eigenvalue weighted by molar-refractivity contribution is 6.09. The van der Waals surface area contributed by atoms with Crippen molar-refractivity contribution >= 4 is 23.3 Å². The summed E-state index contributed by atoms with van der Waals surface area (Å²) in [4.78, 5) is 25.1. The molecule has 4 rings (SSSR count). The highest BCUT2D eigenvalue weighted by Crippen LogP contribution is 2.32. The van der Waals surface area contributed by atoms with Crippen LogP contribution < -0.4 is 15.4 Å². The van der Waals surface area contributed by atoms with Crippen molar-refractivity contribution in [3.63, 3.8) is 0 Å². The van der Waals surface area contributed by atoms with Gasteiger partial charge in [-0.25, -0.2) is 4.79 Å². The van der Waals surface area contributed by atoms with Crippen molar-refractivity contribution in [3.05, 3.63) is 101 Å². The molecular weight excluding hydrogens is 428 g/mol. The van der Waals surface area contributed by atoms with Crippen molar-refractivity contribution in [2.75, 3.05) is 12.4 Å². The first kappa shape index (κ1) is 23.1. The summed E-state index contributed by atoms with van der Waals surface area (Å²) in [5.41, 5.74) is 4.69. The number of ketones is 1. The van der Waals surface area contributed by atoms with Gasteiger partial charge in [0.05, 0.1) is 7.11 Å². The Hall–Kier alpha value is -4.06. The zero-order chi connectivity index (χ0) is 24.1. The van der Waals surface area contributed by atoms with E-state index in [1.807, 2.05) is 48.5 Å². The van der Waals surface area contributed by atoms with Gasteiger partial charge in [-0.05, 0) is 67.8 Å². The summed E-state index contributed by atoms with van der Waals surface area (Å²) in [5.74, 6) is 0.611. The highest BCUT2D eigenvalue weighted by Gasteiger charge is 2.28. The number of hydrogen-bond acceptors (Lipinski definition) is 5. The van der Waals surface area contributed by atoms with Gasteiger partial charge in [-0.15, -0.1) is 0 Å². The molecule has 0 aromatic heterocycles. The number of nitrogens with one attached hydrogen (secondary N) is 2. The monoisotopic (exact) mass is 456 g/mol. The molecule has 1 aliphatic heterocycles. The number of ether oxygens (including phenoxy) is 2. The number of rotatable bonds is 6. The summed E-state index contributed by atoms with van der Waals surface area (Å²) in [6, 6.07) is 22.1. The molecule has 0 aliphatic carbocycles. The molecule has 2 N–H and O–H groups in total. The van der Waals surface area contributed by atoms with E-state index in [9.17, 15) is 9.59 Å². The molecule has 6 heteroatoms. The molecule has 0 radical (unpaired) electrons. The third-order valence-electron chi connectivity index (χ3n) is 5.62. The lowest BCUT2D eigenvalue weighted by Gasteiger charge is -2.35. The molecule has 0 bridgehead atoms. The molecule has 0 saturated heterocycles. The minimum Gasteiger partial charge on any atom is -0.497 e. The Labute approximate surface area is 199 Å². The van der Waals surface area contributed by atoms with E-state index in [-0.39, 0.29) is 17.9 Å². The lowest BCUT2D eigenvalue weighted by Crippen LogP contribution is -2.43. The van der Waals surface area contributed by atoms with E-state index in [4.69, 9.17) is 9.47 Å². The largest absolute Gasteiger partial charge is 0.497 e. The first-order chi connectivity index (χ1) is 16.3. The van der Waals surface area contributed by atoms with Crippen molar-refractivity contribution in [2.45, 2.75) is 32.4 Å². The van der Waals surface area contributed by atoms with Crippen LogP contribution in [0.1, 0.15) is 40.9 Å². The van der Waals surface area contributed by atoms with E-state index in [2.05, 4.69) is 24.5 Å². The smallest absolute Gasteiger partial charge is 0.411 e. The third-order valence-corrected chi connectivity index (χ3v) is 5.62. The van der Waals surface area contributed by atoms with Gasteiger partial charge in [0, 0.05) is 34.1 Å². The van der Waals surface area contributed by atoms with E-state index in [1.165, 1.54) is 0 Å². The lowest BCUT2D eigenvalue weighted by molar-refractivity contribution is 0.104. The van der Waals surface area contributed by atoms with Crippen LogP contribution in [-0.2, 0) is 17.8 Å². The standard InChI is InChI=1S/C28H28N2O4/c1-28(2)17-21-11-14-23(33-3)15-24(21)25(30-28)16-26(31)20-9-12-22(13-10-20)29-27(32)34-18-19-7-5-4-6-8-19/h4-16,30H,17-18H2,1-3H3,(H,29,32). The Bertz CT molecular complexity index is 1210. The maximum atomic E-state index is 13.0. The van der Waals surface area contributed by atoms with Crippen LogP contribution >= 0.6 is 0 Å². The fraction of sp³-hybridized carbons (Fsp3) is 0.214. The molecule has 6 nitrogen and oxygen atoms in total. The van der Waals surface area contributed by atoms with Crippen molar-refractivity contribution in [2.24, 2.45) is 0 Å². The summed E-state index contributed by atoms with van der Waals surface area (Å²) in [6.45, 7) is 4.40.